The van der Waals surface area contributed by atoms with Crippen LogP contribution in [0.25, 0.3) is 0 Å². The zero-order chi connectivity index (χ0) is 15.9. The van der Waals surface area contributed by atoms with Crippen LogP contribution >= 0.6 is 0 Å². The topological polar surface area (TPSA) is 21.3 Å². The van der Waals surface area contributed by atoms with E-state index < -0.39 is 18.4 Å². The van der Waals surface area contributed by atoms with Crippen molar-refractivity contribution in [3.63, 3.8) is 0 Å². The van der Waals surface area contributed by atoms with Gasteiger partial charge in [-0.25, -0.2) is 4.39 Å². The molecule has 0 amide bonds. The van der Waals surface area contributed by atoms with Crippen LogP contribution < -0.4 is 10.1 Å². The lowest BCUT2D eigenvalue weighted by molar-refractivity contribution is -0.135. The molecule has 1 aromatic rings. The number of nitrogens with one attached hydrogen (secondary N) is 1. The first-order chi connectivity index (χ1) is 9.87. The minimum absolute atomic E-state index is 0.0323. The lowest BCUT2D eigenvalue weighted by Crippen LogP contribution is -2.23. The van der Waals surface area contributed by atoms with E-state index in [1.165, 1.54) is 19.2 Å². The smallest absolute Gasteiger partial charge is 0.389 e. The van der Waals surface area contributed by atoms with E-state index in [-0.39, 0.29) is 18.2 Å². The Morgan fingerprint density at radius 2 is 2.00 bits per heavy atom. The van der Waals surface area contributed by atoms with Crippen LogP contribution in [0.4, 0.5) is 17.6 Å². The van der Waals surface area contributed by atoms with E-state index in [0.717, 1.165) is 12.0 Å². The van der Waals surface area contributed by atoms with Crippen LogP contribution in [0.2, 0.25) is 0 Å². The zero-order valence-corrected chi connectivity index (χ0v) is 12.3. The molecular weight excluding hydrogens is 286 g/mol. The molecule has 1 unspecified atom stereocenters. The minimum atomic E-state index is -4.14. The first-order valence-corrected chi connectivity index (χ1v) is 7.01. The van der Waals surface area contributed by atoms with Crippen LogP contribution in [0.3, 0.4) is 0 Å². The highest BCUT2D eigenvalue weighted by Crippen LogP contribution is 2.28. The van der Waals surface area contributed by atoms with Gasteiger partial charge in [-0.05, 0) is 43.5 Å². The third-order valence-electron chi connectivity index (χ3n) is 3.17. The Balaban J connectivity index is 2.76. The first kappa shape index (κ1) is 17.8. The molecule has 0 aliphatic carbocycles. The van der Waals surface area contributed by atoms with Crippen molar-refractivity contribution in [1.82, 2.24) is 5.32 Å². The van der Waals surface area contributed by atoms with Gasteiger partial charge in [0.15, 0.2) is 11.6 Å². The molecule has 120 valence electrons. The number of rotatable bonds is 8. The van der Waals surface area contributed by atoms with Gasteiger partial charge in [-0.2, -0.15) is 13.2 Å². The van der Waals surface area contributed by atoms with Crippen LogP contribution in [-0.4, -0.2) is 19.8 Å². The standard InChI is InChI=1S/C15H21F4NO/c1-3-9-20-13(5-4-8-15(17,18)19)11-6-7-12(16)14(10-11)21-2/h6-7,10,13,20H,3-5,8-9H2,1-2H3. The summed E-state index contributed by atoms with van der Waals surface area (Å²) in [6.45, 7) is 2.67. The van der Waals surface area contributed by atoms with Gasteiger partial charge in [-0.3, -0.25) is 0 Å². The second-order valence-corrected chi connectivity index (χ2v) is 4.91. The summed E-state index contributed by atoms with van der Waals surface area (Å²) in [6.07, 6.45) is -3.71. The Morgan fingerprint density at radius 3 is 2.57 bits per heavy atom. The third-order valence-corrected chi connectivity index (χ3v) is 3.17. The molecule has 21 heavy (non-hydrogen) atoms. The molecular formula is C15H21F4NO. The van der Waals surface area contributed by atoms with Gasteiger partial charge in [0, 0.05) is 12.5 Å². The van der Waals surface area contributed by atoms with Gasteiger partial charge in [0.2, 0.25) is 0 Å². The molecule has 0 saturated carbocycles. The molecule has 0 aromatic heterocycles. The highest BCUT2D eigenvalue weighted by molar-refractivity contribution is 5.32. The maximum atomic E-state index is 13.4. The van der Waals surface area contributed by atoms with Gasteiger partial charge < -0.3 is 10.1 Å². The first-order valence-electron chi connectivity index (χ1n) is 7.01. The highest BCUT2D eigenvalue weighted by atomic mass is 19.4. The van der Waals surface area contributed by atoms with E-state index in [9.17, 15) is 17.6 Å². The van der Waals surface area contributed by atoms with Gasteiger partial charge in [0.05, 0.1) is 7.11 Å². The molecule has 2 nitrogen and oxygen atoms in total. The Bertz CT molecular complexity index is 434. The molecule has 0 aliphatic rings. The molecule has 1 atom stereocenters. The fourth-order valence-corrected chi connectivity index (χ4v) is 2.10. The van der Waals surface area contributed by atoms with E-state index in [4.69, 9.17) is 4.74 Å². The van der Waals surface area contributed by atoms with Gasteiger partial charge in [0.1, 0.15) is 0 Å². The summed E-state index contributed by atoms with van der Waals surface area (Å²) in [5, 5.41) is 3.20. The van der Waals surface area contributed by atoms with E-state index in [1.54, 1.807) is 6.07 Å². The Labute approximate surface area is 122 Å². The van der Waals surface area contributed by atoms with E-state index in [0.29, 0.717) is 13.0 Å². The second-order valence-electron chi connectivity index (χ2n) is 4.91. The van der Waals surface area contributed by atoms with Crippen molar-refractivity contribution in [2.24, 2.45) is 0 Å². The molecule has 0 heterocycles. The molecule has 1 N–H and O–H groups in total. The molecule has 0 saturated heterocycles. The molecule has 0 fully saturated rings. The predicted octanol–water partition coefficient (Wildman–Crippen LogP) is 4.61. The van der Waals surface area contributed by atoms with Crippen LogP contribution in [-0.2, 0) is 0 Å². The summed E-state index contributed by atoms with van der Waals surface area (Å²) in [7, 11) is 1.36. The molecule has 1 aromatic carbocycles. The van der Waals surface area contributed by atoms with E-state index >= 15 is 0 Å². The lowest BCUT2D eigenvalue weighted by atomic mass is 10.00. The SMILES string of the molecule is CCCNC(CCCC(F)(F)F)c1ccc(F)c(OC)c1. The van der Waals surface area contributed by atoms with Crippen molar-refractivity contribution < 1.29 is 22.3 Å². The lowest BCUT2D eigenvalue weighted by Gasteiger charge is -2.20. The Morgan fingerprint density at radius 1 is 1.29 bits per heavy atom. The van der Waals surface area contributed by atoms with Crippen molar-refractivity contribution in [3.05, 3.63) is 29.6 Å². The summed E-state index contributed by atoms with van der Waals surface area (Å²) in [5.41, 5.74) is 0.740. The van der Waals surface area contributed by atoms with Crippen molar-refractivity contribution in [2.45, 2.75) is 44.8 Å². The molecule has 1 rings (SSSR count). The largest absolute Gasteiger partial charge is 0.494 e. The van der Waals surface area contributed by atoms with Gasteiger partial charge >= 0.3 is 6.18 Å². The summed E-state index contributed by atoms with van der Waals surface area (Å²) < 4.78 is 55.0. The molecule has 0 bridgehead atoms. The Hall–Kier alpha value is -1.30. The van der Waals surface area contributed by atoms with Gasteiger partial charge in [0.25, 0.3) is 0 Å². The number of hydrogen-bond donors (Lipinski definition) is 1. The zero-order valence-electron chi connectivity index (χ0n) is 12.3. The number of benzene rings is 1. The average molecular weight is 307 g/mol. The van der Waals surface area contributed by atoms with Crippen molar-refractivity contribution in [2.75, 3.05) is 13.7 Å². The maximum Gasteiger partial charge on any atom is 0.389 e. The average Bonchev–Trinajstić information content (AvgIpc) is 2.42. The fourth-order valence-electron chi connectivity index (χ4n) is 2.10. The number of alkyl halides is 3. The monoisotopic (exact) mass is 307 g/mol. The number of halogens is 4. The second kappa shape index (κ2) is 8.22. The van der Waals surface area contributed by atoms with Crippen molar-refractivity contribution >= 4 is 0 Å². The summed E-state index contributed by atoms with van der Waals surface area (Å²) in [6, 6.07) is 4.16. The number of ether oxygens (including phenoxy) is 1. The molecule has 6 heteroatoms. The minimum Gasteiger partial charge on any atom is -0.494 e. The van der Waals surface area contributed by atoms with Crippen molar-refractivity contribution in [3.8, 4) is 5.75 Å². The summed E-state index contributed by atoms with van der Waals surface area (Å²) in [5.74, 6) is -0.377. The fraction of sp³-hybridized carbons (Fsp3) is 0.600. The molecule has 0 aliphatic heterocycles. The number of hydrogen-bond acceptors (Lipinski definition) is 2. The van der Waals surface area contributed by atoms with Gasteiger partial charge in [-0.15, -0.1) is 0 Å². The van der Waals surface area contributed by atoms with Crippen LogP contribution in [0.15, 0.2) is 18.2 Å². The predicted molar refractivity (Wildman–Crippen MR) is 73.9 cm³/mol. The number of methoxy groups -OCH3 is 1. The van der Waals surface area contributed by atoms with Crippen LogP contribution in [0, 0.1) is 5.82 Å². The molecule has 0 spiro atoms. The Kier molecular flexibility index (Phi) is 6.95. The highest BCUT2D eigenvalue weighted by Gasteiger charge is 2.27. The van der Waals surface area contributed by atoms with Crippen LogP contribution in [0.1, 0.15) is 44.2 Å². The normalized spacial score (nSPS) is 13.2. The van der Waals surface area contributed by atoms with Crippen molar-refractivity contribution in [1.29, 1.82) is 0 Å². The quantitative estimate of drug-likeness (QED) is 0.708. The summed E-state index contributed by atoms with van der Waals surface area (Å²) >= 11 is 0. The van der Waals surface area contributed by atoms with E-state index in [2.05, 4.69) is 5.32 Å². The maximum absolute atomic E-state index is 13.4. The third kappa shape index (κ3) is 6.33. The molecule has 0 radical (unpaired) electrons. The van der Waals surface area contributed by atoms with Gasteiger partial charge in [-0.1, -0.05) is 13.0 Å². The van der Waals surface area contributed by atoms with Crippen LogP contribution in [0.5, 0.6) is 5.75 Å². The van der Waals surface area contributed by atoms with E-state index in [1.807, 2.05) is 6.92 Å². The summed E-state index contributed by atoms with van der Waals surface area (Å²) in [4.78, 5) is 0.